The molecule has 0 spiro atoms. The van der Waals surface area contributed by atoms with Gasteiger partial charge in [0.1, 0.15) is 0 Å². The summed E-state index contributed by atoms with van der Waals surface area (Å²) < 4.78 is 1.95. The van der Waals surface area contributed by atoms with Gasteiger partial charge in [-0.1, -0.05) is 0 Å². The molecule has 2 heterocycles. The van der Waals surface area contributed by atoms with Crippen LogP contribution in [0.25, 0.3) is 0 Å². The van der Waals surface area contributed by atoms with E-state index in [1.807, 2.05) is 10.9 Å². The molecule has 1 aliphatic heterocycles. The summed E-state index contributed by atoms with van der Waals surface area (Å²) in [6, 6.07) is 0.389. The Hall–Kier alpha value is -1.36. The van der Waals surface area contributed by atoms with Crippen LogP contribution in [-0.2, 0) is 11.3 Å². The van der Waals surface area contributed by atoms with E-state index in [1.54, 1.807) is 0 Å². The molecule has 0 aromatic carbocycles. The van der Waals surface area contributed by atoms with Crippen molar-refractivity contribution in [3.05, 3.63) is 18.0 Å². The molecule has 1 aromatic heterocycles. The van der Waals surface area contributed by atoms with Crippen LogP contribution < -0.4 is 0 Å². The fraction of sp³-hybridized carbons (Fsp3) is 0.667. The summed E-state index contributed by atoms with van der Waals surface area (Å²) in [5.74, 6) is -0.366. The summed E-state index contributed by atoms with van der Waals surface area (Å²) in [5, 5.41) is 12.9. The number of aromatic nitrogens is 2. The van der Waals surface area contributed by atoms with E-state index in [1.165, 1.54) is 5.56 Å². The van der Waals surface area contributed by atoms with Crippen LogP contribution in [0.5, 0.6) is 0 Å². The number of aliphatic carboxylic acids is 1. The van der Waals surface area contributed by atoms with Gasteiger partial charge in [-0.3, -0.25) is 14.4 Å². The highest BCUT2D eigenvalue weighted by Gasteiger charge is 2.28. The van der Waals surface area contributed by atoms with Gasteiger partial charge in [-0.2, -0.15) is 5.10 Å². The molecule has 0 amide bonds. The van der Waals surface area contributed by atoms with Crippen LogP contribution in [0, 0.1) is 5.92 Å². The molecule has 17 heavy (non-hydrogen) atoms. The van der Waals surface area contributed by atoms with Crippen molar-refractivity contribution in [2.45, 2.75) is 32.9 Å². The van der Waals surface area contributed by atoms with Gasteiger partial charge in [-0.25, -0.2) is 0 Å². The minimum atomic E-state index is -0.692. The van der Waals surface area contributed by atoms with E-state index >= 15 is 0 Å². The van der Waals surface area contributed by atoms with E-state index in [4.69, 9.17) is 5.11 Å². The Labute approximate surface area is 101 Å². The zero-order valence-electron chi connectivity index (χ0n) is 10.3. The molecule has 1 N–H and O–H groups in total. The minimum absolute atomic E-state index is 0.293. The van der Waals surface area contributed by atoms with Crippen molar-refractivity contribution in [3.63, 3.8) is 0 Å². The molecule has 0 radical (unpaired) electrons. The molecule has 1 saturated heterocycles. The van der Waals surface area contributed by atoms with Gasteiger partial charge >= 0.3 is 5.97 Å². The Balaban J connectivity index is 1.77. The van der Waals surface area contributed by atoms with Crippen molar-refractivity contribution in [2.75, 3.05) is 13.1 Å². The topological polar surface area (TPSA) is 58.4 Å². The number of carboxylic acids is 1. The zero-order valence-corrected chi connectivity index (χ0v) is 10.3. The monoisotopic (exact) mass is 237 g/mol. The summed E-state index contributed by atoms with van der Waals surface area (Å²) in [4.78, 5) is 12.8. The SMILES string of the molecule is CC(C)n1cc(CN2CC(CC(=O)O)C2)cn1. The normalized spacial score (nSPS) is 17.4. The fourth-order valence-corrected chi connectivity index (χ4v) is 2.18. The molecule has 1 fully saturated rings. The lowest BCUT2D eigenvalue weighted by Crippen LogP contribution is -2.46. The number of hydrogen-bond donors (Lipinski definition) is 1. The molecular weight excluding hydrogens is 218 g/mol. The molecule has 5 nitrogen and oxygen atoms in total. The fourth-order valence-electron chi connectivity index (χ4n) is 2.18. The number of carboxylic acid groups (broad SMARTS) is 1. The molecule has 1 aromatic rings. The van der Waals surface area contributed by atoms with Crippen LogP contribution in [0.2, 0.25) is 0 Å². The van der Waals surface area contributed by atoms with Crippen molar-refractivity contribution in [2.24, 2.45) is 5.92 Å². The number of hydrogen-bond acceptors (Lipinski definition) is 3. The summed E-state index contributed by atoms with van der Waals surface area (Å²) in [6.07, 6.45) is 4.25. The quantitative estimate of drug-likeness (QED) is 0.840. The first-order valence-corrected chi connectivity index (χ1v) is 6.01. The average molecular weight is 237 g/mol. The van der Waals surface area contributed by atoms with Crippen molar-refractivity contribution < 1.29 is 9.90 Å². The molecule has 2 rings (SSSR count). The maximum atomic E-state index is 10.5. The summed E-state index contributed by atoms with van der Waals surface area (Å²) in [5.41, 5.74) is 1.20. The highest BCUT2D eigenvalue weighted by Crippen LogP contribution is 2.21. The van der Waals surface area contributed by atoms with Crippen molar-refractivity contribution in [1.82, 2.24) is 14.7 Å². The predicted molar refractivity (Wildman–Crippen MR) is 63.6 cm³/mol. The lowest BCUT2D eigenvalue weighted by molar-refractivity contribution is -0.139. The third kappa shape index (κ3) is 3.06. The Morgan fingerprint density at radius 1 is 1.59 bits per heavy atom. The minimum Gasteiger partial charge on any atom is -0.481 e. The second-order valence-electron chi connectivity index (χ2n) is 5.08. The van der Waals surface area contributed by atoms with Gasteiger partial charge in [0.25, 0.3) is 0 Å². The van der Waals surface area contributed by atoms with Gasteiger partial charge in [0.15, 0.2) is 0 Å². The van der Waals surface area contributed by atoms with E-state index < -0.39 is 5.97 Å². The second kappa shape index (κ2) is 4.87. The first-order chi connectivity index (χ1) is 8.04. The van der Waals surface area contributed by atoms with E-state index in [-0.39, 0.29) is 0 Å². The van der Waals surface area contributed by atoms with E-state index in [2.05, 4.69) is 30.0 Å². The summed E-state index contributed by atoms with van der Waals surface area (Å²) in [6.45, 7) is 6.85. The second-order valence-corrected chi connectivity index (χ2v) is 5.08. The Bertz CT molecular complexity index is 394. The summed E-state index contributed by atoms with van der Waals surface area (Å²) in [7, 11) is 0. The third-order valence-corrected chi connectivity index (χ3v) is 3.09. The molecular formula is C12H19N3O2. The van der Waals surface area contributed by atoms with Crippen LogP contribution >= 0.6 is 0 Å². The predicted octanol–water partition coefficient (Wildman–Crippen LogP) is 1.37. The Morgan fingerprint density at radius 3 is 2.82 bits per heavy atom. The smallest absolute Gasteiger partial charge is 0.303 e. The molecule has 5 heteroatoms. The molecule has 0 atom stereocenters. The van der Waals surface area contributed by atoms with Crippen LogP contribution in [0.1, 0.15) is 31.9 Å². The van der Waals surface area contributed by atoms with Crippen molar-refractivity contribution in [1.29, 1.82) is 0 Å². The first-order valence-electron chi connectivity index (χ1n) is 6.01. The average Bonchev–Trinajstić information content (AvgIpc) is 2.62. The van der Waals surface area contributed by atoms with Gasteiger partial charge in [-0.15, -0.1) is 0 Å². The van der Waals surface area contributed by atoms with Crippen LogP contribution in [-0.4, -0.2) is 38.8 Å². The molecule has 94 valence electrons. The Morgan fingerprint density at radius 2 is 2.29 bits per heavy atom. The van der Waals surface area contributed by atoms with E-state index in [9.17, 15) is 4.79 Å². The van der Waals surface area contributed by atoms with E-state index in [0.717, 1.165) is 19.6 Å². The molecule has 0 unspecified atom stereocenters. The summed E-state index contributed by atoms with van der Waals surface area (Å²) >= 11 is 0. The number of rotatable bonds is 5. The van der Waals surface area contributed by atoms with Gasteiger partial charge in [0.05, 0.1) is 12.6 Å². The third-order valence-electron chi connectivity index (χ3n) is 3.09. The number of carbonyl (C=O) groups is 1. The highest BCUT2D eigenvalue weighted by atomic mass is 16.4. The maximum Gasteiger partial charge on any atom is 0.303 e. The largest absolute Gasteiger partial charge is 0.481 e. The van der Waals surface area contributed by atoms with Crippen molar-refractivity contribution >= 4 is 5.97 Å². The lowest BCUT2D eigenvalue weighted by Gasteiger charge is -2.38. The molecule has 0 aliphatic carbocycles. The molecule has 0 bridgehead atoms. The van der Waals surface area contributed by atoms with Crippen LogP contribution in [0.4, 0.5) is 0 Å². The van der Waals surface area contributed by atoms with E-state index in [0.29, 0.717) is 18.4 Å². The molecule has 0 saturated carbocycles. The molecule has 1 aliphatic rings. The maximum absolute atomic E-state index is 10.5. The van der Waals surface area contributed by atoms with Crippen LogP contribution in [0.15, 0.2) is 12.4 Å². The van der Waals surface area contributed by atoms with Gasteiger partial charge in [0.2, 0.25) is 0 Å². The van der Waals surface area contributed by atoms with Crippen LogP contribution in [0.3, 0.4) is 0 Å². The Kier molecular flexibility index (Phi) is 3.47. The van der Waals surface area contributed by atoms with Gasteiger partial charge in [-0.05, 0) is 19.8 Å². The number of likely N-dealkylation sites (tertiary alicyclic amines) is 1. The standard InChI is InChI=1S/C12H19N3O2/c1-9(2)15-8-11(4-13-15)7-14-5-10(6-14)3-12(16)17/h4,8-10H,3,5-7H2,1-2H3,(H,16,17). The first kappa shape index (κ1) is 12.1. The van der Waals surface area contributed by atoms with Crippen molar-refractivity contribution in [3.8, 4) is 0 Å². The zero-order chi connectivity index (χ0) is 12.4. The number of nitrogens with zero attached hydrogens (tertiary/aromatic N) is 3. The van der Waals surface area contributed by atoms with Gasteiger partial charge < -0.3 is 5.11 Å². The lowest BCUT2D eigenvalue weighted by atomic mass is 9.96. The van der Waals surface area contributed by atoms with Gasteiger partial charge in [0, 0.05) is 37.4 Å². The highest BCUT2D eigenvalue weighted by molar-refractivity contribution is 5.67.